The molecule has 2 N–H and O–H groups in total. The summed E-state index contributed by atoms with van der Waals surface area (Å²) in [4.78, 5) is 4.06. The molecule has 1 rings (SSSR count). The third-order valence-corrected chi connectivity index (χ3v) is 4.29. The number of hydrogen-bond donors (Lipinski definition) is 1. The highest BCUT2D eigenvalue weighted by molar-refractivity contribution is 7.89. The molecule has 0 saturated heterocycles. The predicted molar refractivity (Wildman–Crippen MR) is 67.0 cm³/mol. The van der Waals surface area contributed by atoms with E-state index in [9.17, 15) is 8.42 Å². The molecular formula is C11H19N3O2S. The monoisotopic (exact) mass is 257 g/mol. The van der Waals surface area contributed by atoms with Crippen molar-refractivity contribution in [3.63, 3.8) is 0 Å². The standard InChI is InChI=1S/C11H19N3O2S/c1-2-3-8-14(9-6-12)17(15,16)11-5-4-7-13-10-11/h4-5,7,10H,2-3,6,8-9,12H2,1H3. The molecule has 1 heterocycles. The third-order valence-electron chi connectivity index (χ3n) is 2.41. The first kappa shape index (κ1) is 14.1. The first-order valence-corrected chi connectivity index (χ1v) is 7.17. The van der Waals surface area contributed by atoms with E-state index in [1.54, 1.807) is 18.3 Å². The summed E-state index contributed by atoms with van der Waals surface area (Å²) < 4.78 is 25.9. The lowest BCUT2D eigenvalue weighted by atomic mass is 10.3. The van der Waals surface area contributed by atoms with Crippen LogP contribution in [0.1, 0.15) is 19.8 Å². The van der Waals surface area contributed by atoms with Gasteiger partial charge in [0.25, 0.3) is 0 Å². The molecule has 0 aliphatic rings. The van der Waals surface area contributed by atoms with Gasteiger partial charge in [-0.3, -0.25) is 4.98 Å². The second-order valence-electron chi connectivity index (χ2n) is 3.74. The molecule has 0 radical (unpaired) electrons. The van der Waals surface area contributed by atoms with Crippen LogP contribution >= 0.6 is 0 Å². The minimum Gasteiger partial charge on any atom is -0.329 e. The van der Waals surface area contributed by atoms with Crippen LogP contribution in [0.5, 0.6) is 0 Å². The lowest BCUT2D eigenvalue weighted by Gasteiger charge is -2.20. The minimum atomic E-state index is -3.44. The van der Waals surface area contributed by atoms with Gasteiger partial charge in [0.1, 0.15) is 4.90 Å². The predicted octanol–water partition coefficient (Wildman–Crippen LogP) is 0.831. The Morgan fingerprint density at radius 2 is 2.18 bits per heavy atom. The van der Waals surface area contributed by atoms with Crippen LogP contribution in [0, 0.1) is 0 Å². The van der Waals surface area contributed by atoms with Gasteiger partial charge in [0.2, 0.25) is 10.0 Å². The summed E-state index contributed by atoms with van der Waals surface area (Å²) in [5, 5.41) is 0. The van der Waals surface area contributed by atoms with E-state index in [2.05, 4.69) is 4.98 Å². The zero-order valence-electron chi connectivity index (χ0n) is 10.0. The van der Waals surface area contributed by atoms with Crippen molar-refractivity contribution < 1.29 is 8.42 Å². The van der Waals surface area contributed by atoms with E-state index in [4.69, 9.17) is 5.73 Å². The van der Waals surface area contributed by atoms with Crippen molar-refractivity contribution >= 4 is 10.0 Å². The van der Waals surface area contributed by atoms with E-state index in [0.29, 0.717) is 19.6 Å². The maximum absolute atomic E-state index is 12.3. The van der Waals surface area contributed by atoms with Crippen LogP contribution in [0.15, 0.2) is 29.4 Å². The fourth-order valence-corrected chi connectivity index (χ4v) is 2.94. The van der Waals surface area contributed by atoms with Gasteiger partial charge >= 0.3 is 0 Å². The Balaban J connectivity index is 2.92. The molecule has 0 aliphatic carbocycles. The van der Waals surface area contributed by atoms with E-state index in [0.717, 1.165) is 12.8 Å². The van der Waals surface area contributed by atoms with Gasteiger partial charge in [-0.15, -0.1) is 0 Å². The zero-order chi connectivity index (χ0) is 12.7. The SMILES string of the molecule is CCCCN(CCN)S(=O)(=O)c1cccnc1. The van der Waals surface area contributed by atoms with E-state index in [1.807, 2.05) is 6.92 Å². The Labute approximate surface area is 103 Å². The first-order valence-electron chi connectivity index (χ1n) is 5.73. The molecule has 0 fully saturated rings. The Morgan fingerprint density at radius 3 is 2.71 bits per heavy atom. The maximum Gasteiger partial charge on any atom is 0.244 e. The van der Waals surface area contributed by atoms with Crippen molar-refractivity contribution in [3.05, 3.63) is 24.5 Å². The zero-order valence-corrected chi connectivity index (χ0v) is 10.9. The summed E-state index contributed by atoms with van der Waals surface area (Å²) in [6.07, 6.45) is 4.70. The van der Waals surface area contributed by atoms with Gasteiger partial charge in [-0.2, -0.15) is 4.31 Å². The van der Waals surface area contributed by atoms with Gasteiger partial charge in [0.15, 0.2) is 0 Å². The Bertz CT molecular complexity index is 420. The molecule has 1 aromatic heterocycles. The molecule has 0 unspecified atom stereocenters. The summed E-state index contributed by atoms with van der Waals surface area (Å²) in [7, 11) is -3.44. The normalized spacial score (nSPS) is 11.9. The molecule has 1 aromatic rings. The fraction of sp³-hybridized carbons (Fsp3) is 0.545. The number of pyridine rings is 1. The van der Waals surface area contributed by atoms with Crippen LogP contribution in [-0.4, -0.2) is 37.3 Å². The molecule has 5 nitrogen and oxygen atoms in total. The highest BCUT2D eigenvalue weighted by atomic mass is 32.2. The van der Waals surface area contributed by atoms with E-state index >= 15 is 0 Å². The van der Waals surface area contributed by atoms with Gasteiger partial charge in [-0.1, -0.05) is 13.3 Å². The van der Waals surface area contributed by atoms with Crippen LogP contribution in [0.4, 0.5) is 0 Å². The molecule has 0 aromatic carbocycles. The minimum absolute atomic E-state index is 0.226. The largest absolute Gasteiger partial charge is 0.329 e. The van der Waals surface area contributed by atoms with Crippen LogP contribution in [0.25, 0.3) is 0 Å². The topological polar surface area (TPSA) is 76.3 Å². The van der Waals surface area contributed by atoms with Gasteiger partial charge in [0.05, 0.1) is 0 Å². The number of rotatable bonds is 7. The maximum atomic E-state index is 12.3. The van der Waals surface area contributed by atoms with Crippen LogP contribution < -0.4 is 5.73 Å². The van der Waals surface area contributed by atoms with E-state index < -0.39 is 10.0 Å². The van der Waals surface area contributed by atoms with Crippen LogP contribution in [0.2, 0.25) is 0 Å². The second-order valence-corrected chi connectivity index (χ2v) is 5.67. The Kier molecular flexibility index (Phi) is 5.54. The average molecular weight is 257 g/mol. The Hall–Kier alpha value is -0.980. The van der Waals surface area contributed by atoms with Crippen molar-refractivity contribution in [1.82, 2.24) is 9.29 Å². The van der Waals surface area contributed by atoms with Crippen LogP contribution in [-0.2, 0) is 10.0 Å². The molecule has 0 atom stereocenters. The smallest absolute Gasteiger partial charge is 0.244 e. The summed E-state index contributed by atoms with van der Waals surface area (Å²) in [6, 6.07) is 3.17. The van der Waals surface area contributed by atoms with Gasteiger partial charge in [-0.25, -0.2) is 8.42 Å². The highest BCUT2D eigenvalue weighted by Gasteiger charge is 2.23. The van der Waals surface area contributed by atoms with Crippen molar-refractivity contribution in [2.24, 2.45) is 5.73 Å². The summed E-state index contributed by atoms with van der Waals surface area (Å²) in [6.45, 7) is 3.20. The third kappa shape index (κ3) is 3.76. The number of nitrogens with two attached hydrogens (primary N) is 1. The molecule has 6 heteroatoms. The van der Waals surface area contributed by atoms with Gasteiger partial charge in [-0.05, 0) is 18.6 Å². The van der Waals surface area contributed by atoms with Gasteiger partial charge < -0.3 is 5.73 Å². The van der Waals surface area contributed by atoms with E-state index in [1.165, 1.54) is 10.5 Å². The first-order chi connectivity index (χ1) is 8.12. The summed E-state index contributed by atoms with van der Waals surface area (Å²) in [5.74, 6) is 0. The van der Waals surface area contributed by atoms with Gasteiger partial charge in [0, 0.05) is 32.0 Å². The molecular weight excluding hydrogens is 238 g/mol. The lowest BCUT2D eigenvalue weighted by molar-refractivity contribution is 0.410. The molecule has 0 amide bonds. The fourth-order valence-electron chi connectivity index (χ4n) is 1.48. The number of nitrogens with zero attached hydrogens (tertiary/aromatic N) is 2. The van der Waals surface area contributed by atoms with Crippen LogP contribution in [0.3, 0.4) is 0 Å². The summed E-state index contributed by atoms with van der Waals surface area (Å²) >= 11 is 0. The van der Waals surface area contributed by atoms with Crippen molar-refractivity contribution in [2.75, 3.05) is 19.6 Å². The van der Waals surface area contributed by atoms with Crippen molar-refractivity contribution in [1.29, 1.82) is 0 Å². The molecule has 96 valence electrons. The lowest BCUT2D eigenvalue weighted by Crippen LogP contribution is -2.36. The molecule has 0 saturated carbocycles. The molecule has 0 bridgehead atoms. The van der Waals surface area contributed by atoms with Crippen molar-refractivity contribution in [2.45, 2.75) is 24.7 Å². The number of hydrogen-bond acceptors (Lipinski definition) is 4. The second kappa shape index (κ2) is 6.68. The average Bonchev–Trinajstić information content (AvgIpc) is 2.35. The molecule has 0 aliphatic heterocycles. The number of sulfonamides is 1. The molecule has 17 heavy (non-hydrogen) atoms. The van der Waals surface area contributed by atoms with Crippen molar-refractivity contribution in [3.8, 4) is 0 Å². The number of aromatic nitrogens is 1. The number of unbranched alkanes of at least 4 members (excludes halogenated alkanes) is 1. The Morgan fingerprint density at radius 1 is 1.41 bits per heavy atom. The molecule has 0 spiro atoms. The highest BCUT2D eigenvalue weighted by Crippen LogP contribution is 2.14. The van der Waals surface area contributed by atoms with E-state index in [-0.39, 0.29) is 4.90 Å². The summed E-state index contributed by atoms with van der Waals surface area (Å²) in [5.41, 5.74) is 5.45. The quantitative estimate of drug-likeness (QED) is 0.785.